The van der Waals surface area contributed by atoms with Gasteiger partial charge in [0, 0.05) is 5.69 Å². The summed E-state index contributed by atoms with van der Waals surface area (Å²) in [6.45, 7) is 0. The van der Waals surface area contributed by atoms with Gasteiger partial charge in [-0.15, -0.1) is 0 Å². The number of carbonyl (C=O) groups excluding carboxylic acids is 1. The van der Waals surface area contributed by atoms with Gasteiger partial charge in [-0.1, -0.05) is 11.6 Å². The van der Waals surface area contributed by atoms with Crippen molar-refractivity contribution < 1.29 is 23.4 Å². The highest BCUT2D eigenvalue weighted by Crippen LogP contribution is 2.38. The molecule has 1 amide bonds. The van der Waals surface area contributed by atoms with Crippen molar-refractivity contribution in [3.05, 3.63) is 46.7 Å². The van der Waals surface area contributed by atoms with E-state index in [1.807, 2.05) is 0 Å². The second-order valence-corrected chi connectivity index (χ2v) is 5.29. The van der Waals surface area contributed by atoms with E-state index in [9.17, 15) is 9.18 Å². The Morgan fingerprint density at radius 3 is 2.21 bits per heavy atom. The first-order valence-corrected chi connectivity index (χ1v) is 7.40. The van der Waals surface area contributed by atoms with Crippen LogP contribution in [0.25, 0.3) is 0 Å². The maximum absolute atomic E-state index is 13.1. The lowest BCUT2D eigenvalue weighted by molar-refractivity contribution is -0.115. The summed E-state index contributed by atoms with van der Waals surface area (Å²) in [6.07, 6.45) is 0.0751. The number of halogens is 2. The number of rotatable bonds is 6. The summed E-state index contributed by atoms with van der Waals surface area (Å²) >= 11 is 5.70. The van der Waals surface area contributed by atoms with Gasteiger partial charge in [-0.05, 0) is 35.9 Å². The molecule has 0 saturated heterocycles. The zero-order valence-electron chi connectivity index (χ0n) is 13.5. The Bertz CT molecular complexity index is 726. The van der Waals surface area contributed by atoms with Gasteiger partial charge in [0.15, 0.2) is 11.5 Å². The number of ether oxygens (including phenoxy) is 3. The molecule has 0 fully saturated rings. The molecule has 2 aromatic rings. The molecule has 0 aliphatic heterocycles. The van der Waals surface area contributed by atoms with Gasteiger partial charge in [0.1, 0.15) is 5.82 Å². The van der Waals surface area contributed by atoms with Crippen LogP contribution in [-0.2, 0) is 11.2 Å². The van der Waals surface area contributed by atoms with E-state index in [2.05, 4.69) is 5.32 Å². The van der Waals surface area contributed by atoms with Gasteiger partial charge in [0.25, 0.3) is 0 Å². The zero-order valence-corrected chi connectivity index (χ0v) is 14.2. The molecule has 7 heteroatoms. The molecule has 24 heavy (non-hydrogen) atoms. The fourth-order valence-corrected chi connectivity index (χ4v) is 2.38. The third-order valence-electron chi connectivity index (χ3n) is 3.29. The van der Waals surface area contributed by atoms with Gasteiger partial charge < -0.3 is 19.5 Å². The third-order valence-corrected chi connectivity index (χ3v) is 3.58. The Morgan fingerprint density at radius 1 is 1.08 bits per heavy atom. The monoisotopic (exact) mass is 353 g/mol. The Kier molecular flexibility index (Phi) is 5.87. The fraction of sp³-hybridized carbons (Fsp3) is 0.235. The molecule has 2 rings (SSSR count). The summed E-state index contributed by atoms with van der Waals surface area (Å²) in [5.74, 6) is 0.551. The van der Waals surface area contributed by atoms with Crippen molar-refractivity contribution in [2.45, 2.75) is 6.42 Å². The number of methoxy groups -OCH3 is 3. The molecule has 0 aliphatic carbocycles. The average Bonchev–Trinajstić information content (AvgIpc) is 2.57. The van der Waals surface area contributed by atoms with Crippen molar-refractivity contribution in [1.82, 2.24) is 0 Å². The topological polar surface area (TPSA) is 56.8 Å². The van der Waals surface area contributed by atoms with Gasteiger partial charge in [0.05, 0.1) is 32.8 Å². The molecule has 0 aliphatic rings. The lowest BCUT2D eigenvalue weighted by Gasteiger charge is -2.14. The van der Waals surface area contributed by atoms with Gasteiger partial charge in [-0.25, -0.2) is 4.39 Å². The van der Waals surface area contributed by atoms with Crippen LogP contribution in [0.2, 0.25) is 5.02 Å². The molecule has 0 bridgehead atoms. The minimum absolute atomic E-state index is 0.0550. The molecule has 5 nitrogen and oxygen atoms in total. The number of nitrogens with one attached hydrogen (secondary N) is 1. The first-order valence-electron chi connectivity index (χ1n) is 7.02. The molecule has 0 aromatic heterocycles. The quantitative estimate of drug-likeness (QED) is 0.860. The van der Waals surface area contributed by atoms with Gasteiger partial charge in [0.2, 0.25) is 11.7 Å². The number of hydrogen-bond acceptors (Lipinski definition) is 4. The average molecular weight is 354 g/mol. The first-order chi connectivity index (χ1) is 11.5. The van der Waals surface area contributed by atoms with Crippen LogP contribution in [0, 0.1) is 5.82 Å². The Labute approximate surface area is 144 Å². The Balaban J connectivity index is 2.17. The van der Waals surface area contributed by atoms with Crippen molar-refractivity contribution >= 4 is 23.2 Å². The standard InChI is InChI=1S/C17H17ClFNO4/c1-22-14-6-10(7-15(23-2)17(14)24-3)8-16(21)20-11-4-5-13(19)12(18)9-11/h4-7,9H,8H2,1-3H3,(H,20,21). The number of anilines is 1. The van der Waals surface area contributed by atoms with E-state index >= 15 is 0 Å². The van der Waals surface area contributed by atoms with Crippen LogP contribution in [-0.4, -0.2) is 27.2 Å². The molecule has 0 saturated carbocycles. The zero-order chi connectivity index (χ0) is 17.7. The largest absolute Gasteiger partial charge is 0.493 e. The van der Waals surface area contributed by atoms with Gasteiger partial charge >= 0.3 is 0 Å². The lowest BCUT2D eigenvalue weighted by Crippen LogP contribution is -2.14. The van der Waals surface area contributed by atoms with Crippen molar-refractivity contribution in [1.29, 1.82) is 0 Å². The predicted octanol–water partition coefficient (Wildman–Crippen LogP) is 3.69. The number of hydrogen-bond donors (Lipinski definition) is 1. The molecular formula is C17H17ClFNO4. The molecular weight excluding hydrogens is 337 g/mol. The molecule has 0 unspecified atom stereocenters. The smallest absolute Gasteiger partial charge is 0.228 e. The third kappa shape index (κ3) is 4.08. The van der Waals surface area contributed by atoms with Crippen LogP contribution >= 0.6 is 11.6 Å². The van der Waals surface area contributed by atoms with Crippen LogP contribution < -0.4 is 19.5 Å². The molecule has 0 radical (unpaired) electrons. The van der Waals surface area contributed by atoms with Crippen molar-refractivity contribution in [2.75, 3.05) is 26.6 Å². The van der Waals surface area contributed by atoms with Crippen LogP contribution in [0.1, 0.15) is 5.56 Å². The molecule has 0 atom stereocenters. The minimum atomic E-state index is -0.542. The minimum Gasteiger partial charge on any atom is -0.493 e. The van der Waals surface area contributed by atoms with E-state index in [1.54, 1.807) is 12.1 Å². The molecule has 128 valence electrons. The van der Waals surface area contributed by atoms with Gasteiger partial charge in [-0.3, -0.25) is 4.79 Å². The maximum atomic E-state index is 13.1. The number of amides is 1. The highest BCUT2D eigenvalue weighted by molar-refractivity contribution is 6.31. The number of benzene rings is 2. The van der Waals surface area contributed by atoms with Crippen molar-refractivity contribution in [2.24, 2.45) is 0 Å². The summed E-state index contributed by atoms with van der Waals surface area (Å²) in [7, 11) is 4.51. The molecule has 2 aromatic carbocycles. The highest BCUT2D eigenvalue weighted by atomic mass is 35.5. The second kappa shape index (κ2) is 7.88. The van der Waals surface area contributed by atoms with E-state index in [1.165, 1.54) is 39.5 Å². The van der Waals surface area contributed by atoms with E-state index in [4.69, 9.17) is 25.8 Å². The van der Waals surface area contributed by atoms with Gasteiger partial charge in [-0.2, -0.15) is 0 Å². The summed E-state index contributed by atoms with van der Waals surface area (Å²) in [6, 6.07) is 7.37. The Morgan fingerprint density at radius 2 is 1.71 bits per heavy atom. The maximum Gasteiger partial charge on any atom is 0.228 e. The van der Waals surface area contributed by atoms with E-state index in [-0.39, 0.29) is 17.4 Å². The lowest BCUT2D eigenvalue weighted by atomic mass is 10.1. The number of carbonyl (C=O) groups is 1. The molecule has 0 spiro atoms. The van der Waals surface area contributed by atoms with Crippen LogP contribution in [0.15, 0.2) is 30.3 Å². The van der Waals surface area contributed by atoms with E-state index in [0.29, 0.717) is 28.5 Å². The van der Waals surface area contributed by atoms with Crippen LogP contribution in [0.5, 0.6) is 17.2 Å². The van der Waals surface area contributed by atoms with Crippen LogP contribution in [0.4, 0.5) is 10.1 Å². The molecule has 0 heterocycles. The second-order valence-electron chi connectivity index (χ2n) is 4.89. The summed E-state index contributed by atoms with van der Waals surface area (Å²) < 4.78 is 28.9. The summed E-state index contributed by atoms with van der Waals surface area (Å²) in [5.41, 5.74) is 1.09. The Hall–Kier alpha value is -2.47. The summed E-state index contributed by atoms with van der Waals surface area (Å²) in [5, 5.41) is 2.60. The highest BCUT2D eigenvalue weighted by Gasteiger charge is 2.15. The van der Waals surface area contributed by atoms with Crippen molar-refractivity contribution in [3.8, 4) is 17.2 Å². The predicted molar refractivity (Wildman–Crippen MR) is 89.8 cm³/mol. The first kappa shape index (κ1) is 17.9. The SMILES string of the molecule is COc1cc(CC(=O)Nc2ccc(F)c(Cl)c2)cc(OC)c1OC. The summed E-state index contributed by atoms with van der Waals surface area (Å²) in [4.78, 5) is 12.2. The fourth-order valence-electron chi connectivity index (χ4n) is 2.20. The van der Waals surface area contributed by atoms with Crippen molar-refractivity contribution in [3.63, 3.8) is 0 Å². The molecule has 1 N–H and O–H groups in total. The van der Waals surface area contributed by atoms with Crippen LogP contribution in [0.3, 0.4) is 0 Å². The normalized spacial score (nSPS) is 10.2. The van der Waals surface area contributed by atoms with E-state index < -0.39 is 5.82 Å². The van der Waals surface area contributed by atoms with E-state index in [0.717, 1.165) is 0 Å².